The number of nitrogens with one attached hydrogen (secondary N) is 1. The molecule has 0 radical (unpaired) electrons. The Morgan fingerprint density at radius 2 is 2.17 bits per heavy atom. The van der Waals surface area contributed by atoms with E-state index in [9.17, 15) is 13.2 Å². The van der Waals surface area contributed by atoms with E-state index in [2.05, 4.69) is 9.97 Å². The molecule has 1 aliphatic heterocycles. The summed E-state index contributed by atoms with van der Waals surface area (Å²) in [5, 5.41) is 0.699. The van der Waals surface area contributed by atoms with Crippen molar-refractivity contribution in [2.45, 2.75) is 18.5 Å². The fourth-order valence-corrected chi connectivity index (χ4v) is 2.18. The maximum Gasteiger partial charge on any atom is 0.433 e. The highest BCUT2D eigenvalue weighted by atomic mass is 19.4. The summed E-state index contributed by atoms with van der Waals surface area (Å²) in [4.78, 5) is 6.58. The zero-order valence-electron chi connectivity index (χ0n) is 9.42. The molecule has 3 rings (SSSR count). The Bertz CT molecular complexity index is 570. The fraction of sp³-hybridized carbons (Fsp3) is 0.417. The lowest BCUT2D eigenvalue weighted by Gasteiger charge is -2.04. The molecule has 3 nitrogen and oxygen atoms in total. The van der Waals surface area contributed by atoms with Crippen LogP contribution in [0.25, 0.3) is 11.0 Å². The molecule has 1 atom stereocenters. The van der Waals surface area contributed by atoms with Crippen molar-refractivity contribution in [3.05, 3.63) is 29.6 Å². The Balaban J connectivity index is 2.01. The minimum absolute atomic E-state index is 0.230. The quantitative estimate of drug-likeness (QED) is 0.851. The number of rotatable bonds is 1. The Morgan fingerprint density at radius 1 is 1.33 bits per heavy atom. The minimum atomic E-state index is -4.41. The normalized spacial score (nSPS) is 20.7. The van der Waals surface area contributed by atoms with Crippen molar-refractivity contribution in [2.75, 3.05) is 13.2 Å². The topological polar surface area (TPSA) is 37.9 Å². The van der Waals surface area contributed by atoms with Crippen LogP contribution in [0.2, 0.25) is 0 Å². The van der Waals surface area contributed by atoms with Gasteiger partial charge in [-0.3, -0.25) is 0 Å². The van der Waals surface area contributed by atoms with Crippen LogP contribution >= 0.6 is 0 Å². The van der Waals surface area contributed by atoms with Crippen molar-refractivity contribution in [1.82, 2.24) is 9.97 Å². The second-order valence-electron chi connectivity index (χ2n) is 4.42. The molecule has 0 aromatic carbocycles. The van der Waals surface area contributed by atoms with Crippen LogP contribution in [-0.2, 0) is 10.9 Å². The Labute approximate surface area is 101 Å². The number of fused-ring (bicyclic) bond motifs is 1. The number of hydrogen-bond acceptors (Lipinski definition) is 2. The van der Waals surface area contributed by atoms with E-state index in [1.54, 1.807) is 0 Å². The molecule has 1 unspecified atom stereocenters. The number of H-pyrrole nitrogens is 1. The van der Waals surface area contributed by atoms with Crippen LogP contribution in [0.3, 0.4) is 0 Å². The van der Waals surface area contributed by atoms with Gasteiger partial charge in [0.05, 0.1) is 6.61 Å². The summed E-state index contributed by atoms with van der Waals surface area (Å²) in [6.07, 6.45) is -3.52. The van der Waals surface area contributed by atoms with E-state index in [0.717, 1.165) is 18.2 Å². The van der Waals surface area contributed by atoms with E-state index in [1.165, 1.54) is 6.07 Å². The molecule has 3 heterocycles. The molecular weight excluding hydrogens is 245 g/mol. The molecular formula is C12H11F3N2O. The molecule has 0 amide bonds. The van der Waals surface area contributed by atoms with E-state index in [0.29, 0.717) is 18.6 Å². The van der Waals surface area contributed by atoms with Gasteiger partial charge in [-0.25, -0.2) is 4.98 Å². The van der Waals surface area contributed by atoms with Gasteiger partial charge in [0.2, 0.25) is 0 Å². The molecule has 0 aliphatic carbocycles. The number of ether oxygens (including phenoxy) is 1. The van der Waals surface area contributed by atoms with Crippen LogP contribution in [0.4, 0.5) is 13.2 Å². The summed E-state index contributed by atoms with van der Waals surface area (Å²) in [7, 11) is 0. The van der Waals surface area contributed by atoms with Crippen LogP contribution in [0, 0.1) is 0 Å². The Hall–Kier alpha value is -1.56. The zero-order valence-corrected chi connectivity index (χ0v) is 9.42. The van der Waals surface area contributed by atoms with Crippen molar-refractivity contribution in [2.24, 2.45) is 0 Å². The first-order chi connectivity index (χ1) is 8.54. The molecule has 6 heteroatoms. The number of nitrogens with zero attached hydrogens (tertiary/aromatic N) is 1. The molecule has 96 valence electrons. The van der Waals surface area contributed by atoms with Gasteiger partial charge in [0.25, 0.3) is 0 Å². The summed E-state index contributed by atoms with van der Waals surface area (Å²) in [6, 6.07) is 4.30. The highest BCUT2D eigenvalue weighted by Gasteiger charge is 2.32. The van der Waals surface area contributed by atoms with E-state index < -0.39 is 11.9 Å². The monoisotopic (exact) mass is 256 g/mol. The maximum atomic E-state index is 12.5. The van der Waals surface area contributed by atoms with E-state index in [4.69, 9.17) is 4.74 Å². The maximum absolute atomic E-state index is 12.5. The molecule has 0 spiro atoms. The molecule has 0 saturated carbocycles. The lowest BCUT2D eigenvalue weighted by atomic mass is 10.1. The van der Waals surface area contributed by atoms with Crippen LogP contribution in [0.15, 0.2) is 18.2 Å². The summed E-state index contributed by atoms with van der Waals surface area (Å²) >= 11 is 0. The van der Waals surface area contributed by atoms with Gasteiger partial charge in [-0.1, -0.05) is 0 Å². The Kier molecular flexibility index (Phi) is 2.55. The van der Waals surface area contributed by atoms with E-state index in [1.807, 2.05) is 6.07 Å². The molecule has 1 saturated heterocycles. The average molecular weight is 256 g/mol. The van der Waals surface area contributed by atoms with Crippen molar-refractivity contribution < 1.29 is 17.9 Å². The third-order valence-corrected chi connectivity index (χ3v) is 3.16. The minimum Gasteiger partial charge on any atom is -0.381 e. The van der Waals surface area contributed by atoms with Gasteiger partial charge in [0.1, 0.15) is 11.3 Å². The van der Waals surface area contributed by atoms with Gasteiger partial charge in [-0.2, -0.15) is 13.2 Å². The summed E-state index contributed by atoms with van der Waals surface area (Å²) in [6.45, 7) is 1.31. The van der Waals surface area contributed by atoms with Crippen molar-refractivity contribution in [3.63, 3.8) is 0 Å². The van der Waals surface area contributed by atoms with Gasteiger partial charge < -0.3 is 9.72 Å². The van der Waals surface area contributed by atoms with Crippen LogP contribution < -0.4 is 0 Å². The summed E-state index contributed by atoms with van der Waals surface area (Å²) in [5.41, 5.74) is 0.312. The molecule has 2 aromatic rings. The van der Waals surface area contributed by atoms with Crippen LogP contribution in [0.5, 0.6) is 0 Å². The number of pyridine rings is 1. The fourth-order valence-electron chi connectivity index (χ4n) is 2.18. The molecule has 1 fully saturated rings. The number of halogens is 3. The lowest BCUT2D eigenvalue weighted by molar-refractivity contribution is -0.141. The van der Waals surface area contributed by atoms with E-state index in [-0.39, 0.29) is 11.6 Å². The van der Waals surface area contributed by atoms with Crippen LogP contribution in [0.1, 0.15) is 23.7 Å². The second kappa shape index (κ2) is 3.98. The third kappa shape index (κ3) is 1.96. The lowest BCUT2D eigenvalue weighted by Crippen LogP contribution is -2.07. The molecule has 18 heavy (non-hydrogen) atoms. The Morgan fingerprint density at radius 3 is 2.83 bits per heavy atom. The van der Waals surface area contributed by atoms with Crippen molar-refractivity contribution >= 4 is 11.0 Å². The highest BCUT2D eigenvalue weighted by molar-refractivity contribution is 5.77. The second-order valence-corrected chi connectivity index (χ2v) is 4.42. The van der Waals surface area contributed by atoms with Gasteiger partial charge in [-0.15, -0.1) is 0 Å². The van der Waals surface area contributed by atoms with Gasteiger partial charge in [-0.05, 0) is 24.6 Å². The first-order valence-electron chi connectivity index (χ1n) is 5.68. The summed E-state index contributed by atoms with van der Waals surface area (Å²) < 4.78 is 42.8. The standard InChI is InChI=1S/C12H11F3N2O/c13-12(14,15)10-2-1-7-5-9(16-11(7)17-10)8-3-4-18-6-8/h1-2,5,8H,3-4,6H2,(H,16,17). The average Bonchev–Trinajstić information content (AvgIpc) is 2.95. The number of aromatic amines is 1. The predicted octanol–water partition coefficient (Wildman–Crippen LogP) is 3.09. The van der Waals surface area contributed by atoms with Gasteiger partial charge >= 0.3 is 6.18 Å². The third-order valence-electron chi connectivity index (χ3n) is 3.16. The molecule has 1 N–H and O–H groups in total. The number of hydrogen-bond donors (Lipinski definition) is 1. The van der Waals surface area contributed by atoms with Crippen LogP contribution in [-0.4, -0.2) is 23.2 Å². The first-order valence-corrected chi connectivity index (χ1v) is 5.68. The first kappa shape index (κ1) is 11.5. The van der Waals surface area contributed by atoms with Crippen molar-refractivity contribution in [3.8, 4) is 0 Å². The van der Waals surface area contributed by atoms with E-state index >= 15 is 0 Å². The highest BCUT2D eigenvalue weighted by Crippen LogP contribution is 2.31. The smallest absolute Gasteiger partial charge is 0.381 e. The number of alkyl halides is 3. The number of aromatic nitrogens is 2. The van der Waals surface area contributed by atoms with Gasteiger partial charge in [0, 0.05) is 23.6 Å². The largest absolute Gasteiger partial charge is 0.433 e. The SMILES string of the molecule is FC(F)(F)c1ccc2cc(C3CCOC3)[nH]c2n1. The van der Waals surface area contributed by atoms with Crippen molar-refractivity contribution in [1.29, 1.82) is 0 Å². The predicted molar refractivity (Wildman–Crippen MR) is 59.3 cm³/mol. The molecule has 0 bridgehead atoms. The molecule has 2 aromatic heterocycles. The summed E-state index contributed by atoms with van der Waals surface area (Å²) in [5.74, 6) is 0.230. The molecule has 1 aliphatic rings. The van der Waals surface area contributed by atoms with Gasteiger partial charge in [0.15, 0.2) is 0 Å². The zero-order chi connectivity index (χ0) is 12.8.